The van der Waals surface area contributed by atoms with E-state index in [9.17, 15) is 14.7 Å². The molecule has 0 bridgehead atoms. The van der Waals surface area contributed by atoms with Crippen LogP contribution in [0.2, 0.25) is 0 Å². The van der Waals surface area contributed by atoms with E-state index in [0.717, 1.165) is 0 Å². The summed E-state index contributed by atoms with van der Waals surface area (Å²) in [4.78, 5) is 23.6. The minimum atomic E-state index is -0.955. The maximum absolute atomic E-state index is 12.2. The Kier molecular flexibility index (Phi) is 5.58. The first-order valence-corrected chi connectivity index (χ1v) is 6.85. The van der Waals surface area contributed by atoms with Gasteiger partial charge in [-0.2, -0.15) is 0 Å². The van der Waals surface area contributed by atoms with Crippen LogP contribution in [0.25, 0.3) is 0 Å². The van der Waals surface area contributed by atoms with Gasteiger partial charge in [0.1, 0.15) is 5.75 Å². The van der Waals surface area contributed by atoms with Crippen molar-refractivity contribution in [3.05, 3.63) is 23.8 Å². The highest BCUT2D eigenvalue weighted by atomic mass is 16.5. The van der Waals surface area contributed by atoms with Crippen molar-refractivity contribution in [1.82, 2.24) is 5.32 Å². The van der Waals surface area contributed by atoms with Crippen LogP contribution < -0.4 is 15.8 Å². The van der Waals surface area contributed by atoms with Crippen LogP contribution in [0, 0.1) is 5.41 Å². The van der Waals surface area contributed by atoms with Gasteiger partial charge >= 0.3 is 5.97 Å². The number of hydrogen-bond donors (Lipinski definition) is 3. The molecule has 0 fully saturated rings. The summed E-state index contributed by atoms with van der Waals surface area (Å²) in [5.41, 5.74) is 5.42. The standard InChI is InChI=1S/C15H22N2O4/c1-4-15(5-2,14(19)20)9-17-13(18)11-8-10(21-3)6-7-12(11)16/h6-8H,4-5,9,16H2,1-3H3,(H,17,18)(H,19,20). The molecule has 0 aliphatic heterocycles. The van der Waals surface area contributed by atoms with Gasteiger partial charge in [0.05, 0.1) is 18.1 Å². The van der Waals surface area contributed by atoms with E-state index in [1.165, 1.54) is 13.2 Å². The second kappa shape index (κ2) is 6.97. The fraction of sp³-hybridized carbons (Fsp3) is 0.467. The van der Waals surface area contributed by atoms with Crippen molar-refractivity contribution in [1.29, 1.82) is 0 Å². The fourth-order valence-corrected chi connectivity index (χ4v) is 2.08. The third-order valence-electron chi connectivity index (χ3n) is 3.90. The number of carbonyl (C=O) groups excluding carboxylic acids is 1. The number of rotatable bonds is 7. The zero-order chi connectivity index (χ0) is 16.0. The van der Waals surface area contributed by atoms with Gasteiger partial charge < -0.3 is 20.9 Å². The zero-order valence-electron chi connectivity index (χ0n) is 12.6. The van der Waals surface area contributed by atoms with Crippen molar-refractivity contribution in [2.45, 2.75) is 26.7 Å². The summed E-state index contributed by atoms with van der Waals surface area (Å²) in [5, 5.41) is 12.0. The summed E-state index contributed by atoms with van der Waals surface area (Å²) in [6.45, 7) is 3.65. The second-order valence-corrected chi connectivity index (χ2v) is 4.93. The predicted molar refractivity (Wildman–Crippen MR) is 80.4 cm³/mol. The average molecular weight is 294 g/mol. The molecule has 0 aliphatic carbocycles. The van der Waals surface area contributed by atoms with E-state index in [0.29, 0.717) is 24.3 Å². The predicted octanol–water partition coefficient (Wildman–Crippen LogP) is 1.90. The van der Waals surface area contributed by atoms with E-state index in [1.807, 2.05) is 0 Å². The SMILES string of the molecule is CCC(CC)(CNC(=O)c1cc(OC)ccc1N)C(=O)O. The molecule has 1 amide bonds. The molecule has 0 atom stereocenters. The van der Waals surface area contributed by atoms with Crippen LogP contribution in [0.15, 0.2) is 18.2 Å². The third-order valence-corrected chi connectivity index (χ3v) is 3.90. The number of methoxy groups -OCH3 is 1. The number of carboxylic acids is 1. The largest absolute Gasteiger partial charge is 0.497 e. The van der Waals surface area contributed by atoms with E-state index in [-0.39, 0.29) is 12.1 Å². The molecule has 6 heteroatoms. The molecule has 0 spiro atoms. The van der Waals surface area contributed by atoms with Gasteiger partial charge in [0.25, 0.3) is 5.91 Å². The second-order valence-electron chi connectivity index (χ2n) is 4.93. The molecule has 1 rings (SSSR count). The lowest BCUT2D eigenvalue weighted by atomic mass is 9.82. The first-order valence-electron chi connectivity index (χ1n) is 6.85. The Hall–Kier alpha value is -2.24. The monoisotopic (exact) mass is 294 g/mol. The number of nitrogens with two attached hydrogens (primary N) is 1. The minimum absolute atomic E-state index is 0.0603. The Morgan fingerprint density at radius 2 is 1.95 bits per heavy atom. The highest BCUT2D eigenvalue weighted by molar-refractivity contribution is 5.99. The summed E-state index contributed by atoms with van der Waals surface area (Å²) in [7, 11) is 1.50. The Morgan fingerprint density at radius 1 is 1.33 bits per heavy atom. The van der Waals surface area contributed by atoms with Gasteiger partial charge in [-0.3, -0.25) is 9.59 Å². The van der Waals surface area contributed by atoms with E-state index in [2.05, 4.69) is 5.32 Å². The molecule has 116 valence electrons. The van der Waals surface area contributed by atoms with Crippen LogP contribution in [0.1, 0.15) is 37.0 Å². The summed E-state index contributed by atoms with van der Waals surface area (Å²) in [6, 6.07) is 4.77. The van der Waals surface area contributed by atoms with Crippen molar-refractivity contribution in [3.63, 3.8) is 0 Å². The van der Waals surface area contributed by atoms with Crippen molar-refractivity contribution in [2.75, 3.05) is 19.4 Å². The lowest BCUT2D eigenvalue weighted by Crippen LogP contribution is -2.42. The smallest absolute Gasteiger partial charge is 0.311 e. The molecule has 1 aromatic carbocycles. The van der Waals surface area contributed by atoms with Crippen LogP contribution in [0.3, 0.4) is 0 Å². The number of hydrogen-bond acceptors (Lipinski definition) is 4. The van der Waals surface area contributed by atoms with Crippen LogP contribution in [0.5, 0.6) is 5.75 Å². The number of aliphatic carboxylic acids is 1. The summed E-state index contributed by atoms with van der Waals surface area (Å²) >= 11 is 0. The maximum Gasteiger partial charge on any atom is 0.311 e. The number of carboxylic acid groups (broad SMARTS) is 1. The molecule has 6 nitrogen and oxygen atoms in total. The normalized spacial score (nSPS) is 11.0. The molecule has 0 radical (unpaired) electrons. The highest BCUT2D eigenvalue weighted by Crippen LogP contribution is 2.26. The van der Waals surface area contributed by atoms with E-state index < -0.39 is 17.3 Å². The van der Waals surface area contributed by atoms with Crippen LogP contribution >= 0.6 is 0 Å². The van der Waals surface area contributed by atoms with Gasteiger partial charge in [-0.25, -0.2) is 0 Å². The molecule has 0 saturated heterocycles. The topological polar surface area (TPSA) is 102 Å². The van der Waals surface area contributed by atoms with E-state index >= 15 is 0 Å². The molecular weight excluding hydrogens is 272 g/mol. The van der Waals surface area contributed by atoms with Gasteiger partial charge in [0, 0.05) is 12.2 Å². The van der Waals surface area contributed by atoms with Crippen LogP contribution in [-0.2, 0) is 4.79 Å². The molecule has 4 N–H and O–H groups in total. The van der Waals surface area contributed by atoms with Gasteiger partial charge in [-0.1, -0.05) is 13.8 Å². The summed E-state index contributed by atoms with van der Waals surface area (Å²) in [5.74, 6) is -0.796. The number of anilines is 1. The summed E-state index contributed by atoms with van der Waals surface area (Å²) in [6.07, 6.45) is 0.874. The van der Waals surface area contributed by atoms with Gasteiger partial charge in [0.15, 0.2) is 0 Å². The van der Waals surface area contributed by atoms with Gasteiger partial charge in [0.2, 0.25) is 0 Å². The van der Waals surface area contributed by atoms with Crippen molar-refractivity contribution < 1.29 is 19.4 Å². The maximum atomic E-state index is 12.2. The van der Waals surface area contributed by atoms with Gasteiger partial charge in [-0.15, -0.1) is 0 Å². The number of benzene rings is 1. The Morgan fingerprint density at radius 3 is 2.43 bits per heavy atom. The Balaban J connectivity index is 2.89. The van der Waals surface area contributed by atoms with Crippen molar-refractivity contribution >= 4 is 17.6 Å². The number of amides is 1. The van der Waals surface area contributed by atoms with Crippen LogP contribution in [0.4, 0.5) is 5.69 Å². The zero-order valence-corrected chi connectivity index (χ0v) is 12.6. The number of nitrogens with one attached hydrogen (secondary N) is 1. The summed E-state index contributed by atoms with van der Waals surface area (Å²) < 4.78 is 5.06. The molecule has 21 heavy (non-hydrogen) atoms. The fourth-order valence-electron chi connectivity index (χ4n) is 2.08. The average Bonchev–Trinajstić information content (AvgIpc) is 2.48. The molecule has 1 aromatic rings. The molecule has 0 heterocycles. The van der Waals surface area contributed by atoms with Crippen molar-refractivity contribution in [2.24, 2.45) is 5.41 Å². The first kappa shape index (κ1) is 16.8. The highest BCUT2D eigenvalue weighted by Gasteiger charge is 2.35. The molecule has 0 aromatic heterocycles. The molecule has 0 saturated carbocycles. The quantitative estimate of drug-likeness (QED) is 0.667. The Labute approximate surface area is 124 Å². The third kappa shape index (κ3) is 3.65. The first-order chi connectivity index (χ1) is 9.90. The lowest BCUT2D eigenvalue weighted by Gasteiger charge is -2.27. The van der Waals surface area contributed by atoms with Gasteiger partial charge in [-0.05, 0) is 31.0 Å². The van der Waals surface area contributed by atoms with Crippen LogP contribution in [-0.4, -0.2) is 30.6 Å². The molecular formula is C15H22N2O4. The lowest BCUT2D eigenvalue weighted by molar-refractivity contribution is -0.149. The van der Waals surface area contributed by atoms with E-state index in [4.69, 9.17) is 10.5 Å². The number of carbonyl (C=O) groups is 2. The number of nitrogen functional groups attached to an aromatic ring is 1. The minimum Gasteiger partial charge on any atom is -0.497 e. The number of ether oxygens (including phenoxy) is 1. The Bertz CT molecular complexity index is 524. The van der Waals surface area contributed by atoms with Crippen molar-refractivity contribution in [3.8, 4) is 5.75 Å². The van der Waals surface area contributed by atoms with E-state index in [1.54, 1.807) is 26.0 Å². The molecule has 0 aliphatic rings. The molecule has 0 unspecified atom stereocenters.